The molecule has 0 aromatic carbocycles. The third kappa shape index (κ3) is 6.27. The number of hydrogen-bond acceptors (Lipinski definition) is 4. The van der Waals surface area contributed by atoms with E-state index in [0.29, 0.717) is 19.8 Å². The molecule has 96 valence electrons. The van der Waals surface area contributed by atoms with Crippen LogP contribution in [0.25, 0.3) is 0 Å². The Morgan fingerprint density at radius 1 is 0.875 bits per heavy atom. The number of hydrogen-bond donors (Lipinski definition) is 0. The van der Waals surface area contributed by atoms with Crippen LogP contribution in [0.2, 0.25) is 0 Å². The Morgan fingerprint density at radius 2 is 1.25 bits per heavy atom. The SMILES string of the molecule is C=CO[Si](OCCC)(OCCC)OCCC. The summed E-state index contributed by atoms with van der Waals surface area (Å²) >= 11 is 0. The van der Waals surface area contributed by atoms with E-state index in [2.05, 4.69) is 6.58 Å². The summed E-state index contributed by atoms with van der Waals surface area (Å²) in [4.78, 5) is 0. The second-order valence-electron chi connectivity index (χ2n) is 3.33. The Balaban J connectivity index is 4.37. The van der Waals surface area contributed by atoms with Crippen molar-refractivity contribution in [2.45, 2.75) is 40.0 Å². The smallest absolute Gasteiger partial charge is 0.487 e. The minimum atomic E-state index is -2.98. The van der Waals surface area contributed by atoms with Crippen LogP contribution in [0.5, 0.6) is 0 Å². The molecule has 0 atom stereocenters. The summed E-state index contributed by atoms with van der Waals surface area (Å²) in [6.45, 7) is 11.4. The van der Waals surface area contributed by atoms with Gasteiger partial charge in [0.05, 0.1) is 6.26 Å². The fraction of sp³-hybridized carbons (Fsp3) is 0.818. The van der Waals surface area contributed by atoms with Crippen LogP contribution in [0, 0.1) is 0 Å². The van der Waals surface area contributed by atoms with E-state index in [4.69, 9.17) is 17.7 Å². The van der Waals surface area contributed by atoms with Crippen molar-refractivity contribution in [3.63, 3.8) is 0 Å². The molecule has 0 rings (SSSR count). The van der Waals surface area contributed by atoms with Crippen molar-refractivity contribution in [2.75, 3.05) is 19.8 Å². The van der Waals surface area contributed by atoms with Crippen molar-refractivity contribution in [1.82, 2.24) is 0 Å². The molecule has 0 amide bonds. The van der Waals surface area contributed by atoms with Gasteiger partial charge in [0.25, 0.3) is 0 Å². The van der Waals surface area contributed by atoms with Gasteiger partial charge in [-0.05, 0) is 19.3 Å². The van der Waals surface area contributed by atoms with Crippen molar-refractivity contribution < 1.29 is 17.7 Å². The lowest BCUT2D eigenvalue weighted by Gasteiger charge is -2.26. The van der Waals surface area contributed by atoms with Crippen molar-refractivity contribution in [2.24, 2.45) is 0 Å². The van der Waals surface area contributed by atoms with Gasteiger partial charge in [-0.3, -0.25) is 0 Å². The summed E-state index contributed by atoms with van der Waals surface area (Å²) in [5.74, 6) is 0. The van der Waals surface area contributed by atoms with Crippen LogP contribution >= 0.6 is 0 Å². The summed E-state index contributed by atoms with van der Waals surface area (Å²) in [7, 11) is -2.98. The number of rotatable bonds is 11. The standard InChI is InChI=1S/C11H24O4Si/c1-5-9-13-16(12-8-4,14-10-6-2)15-11-7-3/h8H,4-7,9-11H2,1-3H3. The van der Waals surface area contributed by atoms with Crippen LogP contribution in [-0.2, 0) is 17.7 Å². The highest BCUT2D eigenvalue weighted by Gasteiger charge is 2.47. The largest absolute Gasteiger partial charge is 0.749 e. The summed E-state index contributed by atoms with van der Waals surface area (Å²) in [5.41, 5.74) is 0. The first-order valence-corrected chi connectivity index (χ1v) is 7.58. The maximum Gasteiger partial charge on any atom is 0.749 e. The predicted octanol–water partition coefficient (Wildman–Crippen LogP) is 2.86. The first-order valence-electron chi connectivity index (χ1n) is 5.95. The zero-order valence-electron chi connectivity index (χ0n) is 10.7. The highest BCUT2D eigenvalue weighted by atomic mass is 28.4. The summed E-state index contributed by atoms with van der Waals surface area (Å²) in [6, 6.07) is 0. The van der Waals surface area contributed by atoms with Crippen molar-refractivity contribution in [1.29, 1.82) is 0 Å². The quantitative estimate of drug-likeness (QED) is 0.416. The molecule has 0 aromatic heterocycles. The van der Waals surface area contributed by atoms with E-state index in [0.717, 1.165) is 19.3 Å². The lowest BCUT2D eigenvalue weighted by Crippen LogP contribution is -2.48. The molecular formula is C11H24O4Si. The summed E-state index contributed by atoms with van der Waals surface area (Å²) in [5, 5.41) is 0. The monoisotopic (exact) mass is 248 g/mol. The highest BCUT2D eigenvalue weighted by molar-refractivity contribution is 6.53. The zero-order chi connectivity index (χ0) is 12.3. The second-order valence-corrected chi connectivity index (χ2v) is 5.43. The molecule has 0 saturated heterocycles. The molecule has 4 nitrogen and oxygen atoms in total. The first-order chi connectivity index (χ1) is 7.74. The summed E-state index contributed by atoms with van der Waals surface area (Å²) < 4.78 is 22.2. The third-order valence-electron chi connectivity index (χ3n) is 1.68. The van der Waals surface area contributed by atoms with E-state index in [1.165, 1.54) is 6.26 Å². The Morgan fingerprint density at radius 3 is 1.50 bits per heavy atom. The van der Waals surface area contributed by atoms with E-state index in [1.807, 2.05) is 20.8 Å². The van der Waals surface area contributed by atoms with Gasteiger partial charge in [0.15, 0.2) is 0 Å². The third-order valence-corrected chi connectivity index (χ3v) is 3.80. The summed E-state index contributed by atoms with van der Waals surface area (Å²) in [6.07, 6.45) is 4.05. The van der Waals surface area contributed by atoms with Gasteiger partial charge in [-0.15, -0.1) is 0 Å². The molecule has 0 aliphatic rings. The topological polar surface area (TPSA) is 36.9 Å². The molecule has 0 saturated carbocycles. The van der Waals surface area contributed by atoms with Gasteiger partial charge in [0, 0.05) is 19.8 Å². The lowest BCUT2D eigenvalue weighted by atomic mass is 10.5. The van der Waals surface area contributed by atoms with Gasteiger partial charge < -0.3 is 17.7 Å². The molecule has 0 unspecified atom stereocenters. The van der Waals surface area contributed by atoms with Gasteiger partial charge in [-0.2, -0.15) is 0 Å². The maximum absolute atomic E-state index is 5.62. The molecule has 0 radical (unpaired) electrons. The van der Waals surface area contributed by atoms with E-state index in [-0.39, 0.29) is 0 Å². The maximum atomic E-state index is 5.62. The Hall–Kier alpha value is -0.363. The molecular weight excluding hydrogens is 224 g/mol. The van der Waals surface area contributed by atoms with Crippen LogP contribution in [0.4, 0.5) is 0 Å². The molecule has 0 bridgehead atoms. The first kappa shape index (κ1) is 15.6. The fourth-order valence-electron chi connectivity index (χ4n) is 1.01. The van der Waals surface area contributed by atoms with E-state index in [1.54, 1.807) is 0 Å². The Bertz CT molecular complexity index is 154. The second kappa shape index (κ2) is 9.83. The molecule has 0 aliphatic carbocycles. The average Bonchev–Trinajstić information content (AvgIpc) is 2.31. The van der Waals surface area contributed by atoms with Crippen LogP contribution in [0.15, 0.2) is 12.8 Å². The van der Waals surface area contributed by atoms with E-state index < -0.39 is 9.05 Å². The van der Waals surface area contributed by atoms with Gasteiger partial charge >= 0.3 is 9.05 Å². The molecule has 0 heterocycles. The minimum Gasteiger partial charge on any atom is -0.487 e. The van der Waals surface area contributed by atoms with Gasteiger partial charge in [0.2, 0.25) is 0 Å². The molecule has 16 heavy (non-hydrogen) atoms. The van der Waals surface area contributed by atoms with E-state index in [9.17, 15) is 0 Å². The molecule has 0 spiro atoms. The van der Waals surface area contributed by atoms with Crippen LogP contribution in [-0.4, -0.2) is 28.9 Å². The zero-order valence-corrected chi connectivity index (χ0v) is 11.7. The average molecular weight is 248 g/mol. The van der Waals surface area contributed by atoms with Gasteiger partial charge in [-0.25, -0.2) is 0 Å². The van der Waals surface area contributed by atoms with Crippen LogP contribution in [0.1, 0.15) is 40.0 Å². The normalized spacial score (nSPS) is 11.4. The Kier molecular flexibility index (Phi) is 9.61. The molecule has 0 aromatic rings. The van der Waals surface area contributed by atoms with E-state index >= 15 is 0 Å². The molecule has 0 N–H and O–H groups in total. The van der Waals surface area contributed by atoms with Crippen molar-refractivity contribution in [3.8, 4) is 0 Å². The highest BCUT2D eigenvalue weighted by Crippen LogP contribution is 2.13. The predicted molar refractivity (Wildman–Crippen MR) is 65.8 cm³/mol. The van der Waals surface area contributed by atoms with Crippen LogP contribution < -0.4 is 0 Å². The van der Waals surface area contributed by atoms with Crippen molar-refractivity contribution >= 4 is 9.05 Å². The molecule has 0 fully saturated rings. The van der Waals surface area contributed by atoms with Crippen molar-refractivity contribution in [3.05, 3.63) is 12.8 Å². The fourth-order valence-corrected chi connectivity index (χ4v) is 3.03. The van der Waals surface area contributed by atoms with Crippen LogP contribution in [0.3, 0.4) is 0 Å². The van der Waals surface area contributed by atoms with Gasteiger partial charge in [-0.1, -0.05) is 27.4 Å². The molecule has 0 aliphatic heterocycles. The lowest BCUT2D eigenvalue weighted by molar-refractivity contribution is -0.0123. The Labute approximate surface area is 100 Å². The van der Waals surface area contributed by atoms with Gasteiger partial charge in [0.1, 0.15) is 0 Å². The minimum absolute atomic E-state index is 0.577. The molecule has 5 heteroatoms.